The van der Waals surface area contributed by atoms with Crippen LogP contribution in [0.1, 0.15) is 37.0 Å². The predicted octanol–water partition coefficient (Wildman–Crippen LogP) is 5.42. The monoisotopic (exact) mass is 361 g/mol. The Morgan fingerprint density at radius 1 is 0.963 bits per heavy atom. The average Bonchev–Trinajstić information content (AvgIpc) is 2.65. The molecule has 2 N–H and O–H groups in total. The van der Waals surface area contributed by atoms with Crippen LogP contribution in [0, 0.1) is 20.8 Å². The molecule has 0 aliphatic carbocycles. The predicted molar refractivity (Wildman–Crippen MR) is 113 cm³/mol. The topological polar surface area (TPSA) is 62.7 Å². The van der Waals surface area contributed by atoms with E-state index >= 15 is 0 Å². The third-order valence-electron chi connectivity index (χ3n) is 4.62. The largest absolute Gasteiger partial charge is 0.352 e. The van der Waals surface area contributed by atoms with E-state index in [9.17, 15) is 0 Å². The Labute approximate surface area is 161 Å². The van der Waals surface area contributed by atoms with Crippen molar-refractivity contribution >= 4 is 17.5 Å². The summed E-state index contributed by atoms with van der Waals surface area (Å²) in [5, 5.41) is 6.89. The molecule has 0 saturated heterocycles. The summed E-state index contributed by atoms with van der Waals surface area (Å²) < 4.78 is 0. The fourth-order valence-electron chi connectivity index (χ4n) is 3.07. The van der Waals surface area contributed by atoms with Crippen LogP contribution in [0.4, 0.5) is 17.5 Å². The van der Waals surface area contributed by atoms with Crippen LogP contribution in [0.3, 0.4) is 0 Å². The maximum absolute atomic E-state index is 4.70. The third kappa shape index (κ3) is 4.61. The Balaban J connectivity index is 2.02. The molecule has 0 spiro atoms. The van der Waals surface area contributed by atoms with Gasteiger partial charge < -0.3 is 10.6 Å². The van der Waals surface area contributed by atoms with E-state index in [2.05, 4.69) is 62.4 Å². The van der Waals surface area contributed by atoms with Crippen molar-refractivity contribution < 1.29 is 0 Å². The van der Waals surface area contributed by atoms with Crippen LogP contribution in [0.25, 0.3) is 11.3 Å². The second-order valence-electron chi connectivity index (χ2n) is 7.05. The first kappa shape index (κ1) is 18.8. The Kier molecular flexibility index (Phi) is 5.69. The highest BCUT2D eigenvalue weighted by Crippen LogP contribution is 2.28. The SMILES string of the molecule is CC[C@@H](C)Nc1nc(Nc2c(C)cc(C)cc2C)cc(-c2ccncc2)n1. The van der Waals surface area contributed by atoms with Crippen LogP contribution < -0.4 is 10.6 Å². The number of hydrogen-bond donors (Lipinski definition) is 2. The molecule has 3 aromatic rings. The number of benzene rings is 1. The van der Waals surface area contributed by atoms with Gasteiger partial charge in [-0.1, -0.05) is 24.6 Å². The van der Waals surface area contributed by atoms with Crippen LogP contribution in [0.15, 0.2) is 42.7 Å². The van der Waals surface area contributed by atoms with Gasteiger partial charge in [0, 0.05) is 35.8 Å². The van der Waals surface area contributed by atoms with Gasteiger partial charge in [-0.2, -0.15) is 4.98 Å². The molecular weight excluding hydrogens is 334 g/mol. The summed E-state index contributed by atoms with van der Waals surface area (Å²) in [6, 6.07) is 10.6. The second-order valence-corrected chi connectivity index (χ2v) is 7.05. The molecule has 0 aliphatic rings. The zero-order valence-corrected chi connectivity index (χ0v) is 16.7. The van der Waals surface area contributed by atoms with Crippen molar-refractivity contribution in [2.75, 3.05) is 10.6 Å². The van der Waals surface area contributed by atoms with Crippen molar-refractivity contribution in [3.63, 3.8) is 0 Å². The fourth-order valence-corrected chi connectivity index (χ4v) is 3.07. The molecule has 0 amide bonds. The summed E-state index contributed by atoms with van der Waals surface area (Å²) in [5.74, 6) is 1.40. The molecule has 0 bridgehead atoms. The minimum absolute atomic E-state index is 0.299. The molecule has 140 valence electrons. The lowest BCUT2D eigenvalue weighted by Gasteiger charge is -2.17. The Hall–Kier alpha value is -2.95. The Morgan fingerprint density at radius 3 is 2.26 bits per heavy atom. The second kappa shape index (κ2) is 8.16. The van der Waals surface area contributed by atoms with Crippen molar-refractivity contribution in [2.24, 2.45) is 0 Å². The minimum Gasteiger partial charge on any atom is -0.352 e. The lowest BCUT2D eigenvalue weighted by molar-refractivity contribution is 0.753. The average molecular weight is 361 g/mol. The van der Waals surface area contributed by atoms with E-state index in [1.807, 2.05) is 18.2 Å². The molecule has 1 atom stereocenters. The minimum atomic E-state index is 0.299. The molecule has 5 nitrogen and oxygen atoms in total. The highest BCUT2D eigenvalue weighted by atomic mass is 15.2. The van der Waals surface area contributed by atoms with Gasteiger partial charge in [-0.25, -0.2) is 4.98 Å². The molecule has 5 heteroatoms. The standard InChI is InChI=1S/C22H27N5/c1-6-17(5)24-22-25-19(18-7-9-23-10-8-18)13-20(27-22)26-21-15(3)11-14(2)12-16(21)4/h7-13,17H,6H2,1-5H3,(H2,24,25,26,27)/t17-/m1/s1. The first-order valence-corrected chi connectivity index (χ1v) is 9.37. The number of anilines is 3. The van der Waals surface area contributed by atoms with Crippen molar-refractivity contribution in [1.82, 2.24) is 15.0 Å². The van der Waals surface area contributed by atoms with Crippen molar-refractivity contribution in [3.8, 4) is 11.3 Å². The molecule has 2 aromatic heterocycles. The summed E-state index contributed by atoms with van der Waals surface area (Å²) in [5.41, 5.74) is 6.63. The fraction of sp³-hybridized carbons (Fsp3) is 0.318. The number of nitrogens with one attached hydrogen (secondary N) is 2. The van der Waals surface area contributed by atoms with Gasteiger partial charge in [0.1, 0.15) is 5.82 Å². The smallest absolute Gasteiger partial charge is 0.225 e. The van der Waals surface area contributed by atoms with E-state index in [1.165, 1.54) is 16.7 Å². The van der Waals surface area contributed by atoms with Crippen molar-refractivity contribution in [3.05, 3.63) is 59.4 Å². The van der Waals surface area contributed by atoms with Gasteiger partial charge in [-0.15, -0.1) is 0 Å². The number of pyridine rings is 1. The molecular formula is C22H27N5. The van der Waals surface area contributed by atoms with Crippen molar-refractivity contribution in [1.29, 1.82) is 0 Å². The Morgan fingerprint density at radius 2 is 1.63 bits per heavy atom. The Bertz CT molecular complexity index is 898. The molecule has 3 rings (SSSR count). The van der Waals surface area contributed by atoms with E-state index < -0.39 is 0 Å². The van der Waals surface area contributed by atoms with Gasteiger partial charge >= 0.3 is 0 Å². The zero-order valence-electron chi connectivity index (χ0n) is 16.7. The molecule has 27 heavy (non-hydrogen) atoms. The highest BCUT2D eigenvalue weighted by Gasteiger charge is 2.11. The van der Waals surface area contributed by atoms with E-state index in [0.29, 0.717) is 12.0 Å². The molecule has 1 aromatic carbocycles. The summed E-state index contributed by atoms with van der Waals surface area (Å²) in [6.07, 6.45) is 4.56. The van der Waals surface area contributed by atoms with Crippen molar-refractivity contribution in [2.45, 2.75) is 47.1 Å². The third-order valence-corrected chi connectivity index (χ3v) is 4.62. The summed E-state index contributed by atoms with van der Waals surface area (Å²) in [6.45, 7) is 10.6. The van der Waals surface area contributed by atoms with Crippen LogP contribution in [-0.4, -0.2) is 21.0 Å². The molecule has 0 saturated carbocycles. The van der Waals surface area contributed by atoms with Gasteiger partial charge in [0.15, 0.2) is 0 Å². The van der Waals surface area contributed by atoms with Gasteiger partial charge in [0.2, 0.25) is 5.95 Å². The maximum Gasteiger partial charge on any atom is 0.225 e. The molecule has 2 heterocycles. The maximum atomic E-state index is 4.70. The van der Waals surface area contributed by atoms with Gasteiger partial charge in [-0.05, 0) is 57.4 Å². The number of rotatable bonds is 6. The first-order chi connectivity index (χ1) is 13.0. The zero-order chi connectivity index (χ0) is 19.4. The van der Waals surface area contributed by atoms with Crippen LogP contribution in [0.5, 0.6) is 0 Å². The highest BCUT2D eigenvalue weighted by molar-refractivity contribution is 5.70. The van der Waals surface area contributed by atoms with E-state index in [-0.39, 0.29) is 0 Å². The van der Waals surface area contributed by atoms with Crippen LogP contribution >= 0.6 is 0 Å². The summed E-state index contributed by atoms with van der Waals surface area (Å²) >= 11 is 0. The summed E-state index contributed by atoms with van der Waals surface area (Å²) in [7, 11) is 0. The van der Waals surface area contributed by atoms with Crippen LogP contribution in [0.2, 0.25) is 0 Å². The lowest BCUT2D eigenvalue weighted by atomic mass is 10.1. The molecule has 0 unspecified atom stereocenters. The summed E-state index contributed by atoms with van der Waals surface area (Å²) in [4.78, 5) is 13.5. The normalized spacial score (nSPS) is 11.9. The van der Waals surface area contributed by atoms with Gasteiger partial charge in [0.25, 0.3) is 0 Å². The number of hydrogen-bond acceptors (Lipinski definition) is 5. The van der Waals surface area contributed by atoms with Gasteiger partial charge in [-0.3, -0.25) is 4.98 Å². The number of nitrogens with zero attached hydrogens (tertiary/aromatic N) is 3. The quantitative estimate of drug-likeness (QED) is 0.614. The number of aromatic nitrogens is 3. The number of aryl methyl sites for hydroxylation is 3. The molecule has 0 aliphatic heterocycles. The van der Waals surface area contributed by atoms with Crippen LogP contribution in [-0.2, 0) is 0 Å². The molecule has 0 radical (unpaired) electrons. The van der Waals surface area contributed by atoms with Gasteiger partial charge in [0.05, 0.1) is 5.69 Å². The molecule has 0 fully saturated rings. The van der Waals surface area contributed by atoms with E-state index in [0.717, 1.165) is 29.2 Å². The first-order valence-electron chi connectivity index (χ1n) is 9.37. The van der Waals surface area contributed by atoms with E-state index in [1.54, 1.807) is 12.4 Å². The van der Waals surface area contributed by atoms with E-state index in [4.69, 9.17) is 9.97 Å². The lowest BCUT2D eigenvalue weighted by Crippen LogP contribution is -2.16.